The third-order valence-electron chi connectivity index (χ3n) is 2.89. The van der Waals surface area contributed by atoms with Crippen molar-refractivity contribution in [3.05, 3.63) is 40.4 Å². The summed E-state index contributed by atoms with van der Waals surface area (Å²) in [7, 11) is 0. The van der Waals surface area contributed by atoms with Gasteiger partial charge in [0.25, 0.3) is 0 Å². The third kappa shape index (κ3) is 1.27. The first kappa shape index (κ1) is 10.6. The number of nitrogen functional groups attached to an aromatic ring is 1. The van der Waals surface area contributed by atoms with Crippen molar-refractivity contribution in [3.63, 3.8) is 0 Å². The molecule has 0 saturated carbocycles. The molecule has 18 heavy (non-hydrogen) atoms. The van der Waals surface area contributed by atoms with Crippen LogP contribution in [0.15, 0.2) is 34.1 Å². The van der Waals surface area contributed by atoms with Crippen LogP contribution in [-0.4, -0.2) is 21.4 Å². The molecular formula is C11H10N5O2+. The topological polar surface area (TPSA) is 94.2 Å². The zero-order chi connectivity index (χ0) is 12.9. The van der Waals surface area contributed by atoms with Crippen LogP contribution in [0.4, 0.5) is 5.95 Å². The van der Waals surface area contributed by atoms with Crippen LogP contribution < -0.4 is 16.1 Å². The summed E-state index contributed by atoms with van der Waals surface area (Å²) in [6.45, 7) is 1.50. The lowest BCUT2D eigenvalue weighted by molar-refractivity contribution is -0.645. The summed E-state index contributed by atoms with van der Waals surface area (Å²) in [4.78, 5) is 28.1. The summed E-state index contributed by atoms with van der Waals surface area (Å²) in [6, 6.07) is 0. The van der Waals surface area contributed by atoms with E-state index in [4.69, 9.17) is 5.84 Å². The van der Waals surface area contributed by atoms with Crippen LogP contribution in [0.2, 0.25) is 0 Å². The van der Waals surface area contributed by atoms with Crippen LogP contribution in [0, 0.1) is 12.8 Å². The van der Waals surface area contributed by atoms with Crippen molar-refractivity contribution in [2.75, 3.05) is 5.84 Å². The van der Waals surface area contributed by atoms with Gasteiger partial charge in [-0.3, -0.25) is 10.6 Å². The number of nitrogens with two attached hydrogens (primary N) is 1. The maximum absolute atomic E-state index is 12.2. The first-order valence-electron chi connectivity index (χ1n) is 5.38. The number of carbonyl (C=O) groups excluding carboxylic acids is 1. The molecular weight excluding hydrogens is 234 g/mol. The molecule has 1 aliphatic carbocycles. The average molecular weight is 244 g/mol. The van der Waals surface area contributed by atoms with E-state index in [2.05, 4.69) is 10.1 Å². The normalized spacial score (nSPS) is 20.4. The number of nitrogens with zero attached hydrogens (tertiary/aromatic N) is 4. The van der Waals surface area contributed by atoms with Gasteiger partial charge in [0.15, 0.2) is 5.69 Å². The van der Waals surface area contributed by atoms with Gasteiger partial charge >= 0.3 is 17.4 Å². The fourth-order valence-corrected chi connectivity index (χ4v) is 1.95. The highest BCUT2D eigenvalue weighted by molar-refractivity contribution is 6.15. The van der Waals surface area contributed by atoms with E-state index >= 15 is 0 Å². The third-order valence-corrected chi connectivity index (χ3v) is 2.89. The van der Waals surface area contributed by atoms with E-state index < -0.39 is 11.5 Å². The highest BCUT2D eigenvalue weighted by Crippen LogP contribution is 2.21. The summed E-state index contributed by atoms with van der Waals surface area (Å²) in [5.41, 5.74) is 0.252. The van der Waals surface area contributed by atoms with E-state index in [1.807, 2.05) is 0 Å². The highest BCUT2D eigenvalue weighted by atomic mass is 16.2. The Morgan fingerprint density at radius 1 is 1.39 bits per heavy atom. The Balaban J connectivity index is 2.34. The molecule has 1 unspecified atom stereocenters. The molecule has 90 valence electrons. The lowest BCUT2D eigenvalue weighted by atomic mass is 9.96. The molecule has 2 heterocycles. The summed E-state index contributed by atoms with van der Waals surface area (Å²) >= 11 is 0. The van der Waals surface area contributed by atoms with Crippen molar-refractivity contribution in [2.45, 2.75) is 6.92 Å². The van der Waals surface area contributed by atoms with E-state index in [-0.39, 0.29) is 17.5 Å². The molecule has 0 radical (unpaired) electrons. The first-order chi connectivity index (χ1) is 8.59. The molecule has 2 N–H and O–H groups in total. The highest BCUT2D eigenvalue weighted by Gasteiger charge is 2.39. The maximum Gasteiger partial charge on any atom is 0.451 e. The van der Waals surface area contributed by atoms with Crippen molar-refractivity contribution in [1.82, 2.24) is 9.78 Å². The molecule has 0 aromatic carbocycles. The quantitative estimate of drug-likeness (QED) is 0.469. The van der Waals surface area contributed by atoms with Gasteiger partial charge in [0.1, 0.15) is 11.6 Å². The number of aryl methyl sites for hydroxylation is 1. The zero-order valence-corrected chi connectivity index (χ0v) is 9.57. The number of aliphatic imine (C=N–C) groups is 1. The number of allylic oxidation sites excluding steroid dienone is 4. The Bertz CT molecular complexity index is 711. The predicted octanol–water partition coefficient (Wildman–Crippen LogP) is -0.978. The predicted molar refractivity (Wildman–Crippen MR) is 63.1 cm³/mol. The number of fused-ring (bicyclic) bond motifs is 2. The number of aromatic nitrogens is 3. The minimum absolute atomic E-state index is 0.0433. The molecule has 1 aliphatic heterocycles. The van der Waals surface area contributed by atoms with E-state index in [1.54, 1.807) is 24.3 Å². The van der Waals surface area contributed by atoms with Gasteiger partial charge in [0, 0.05) is 0 Å². The van der Waals surface area contributed by atoms with Crippen molar-refractivity contribution < 1.29 is 9.47 Å². The van der Waals surface area contributed by atoms with Gasteiger partial charge in [-0.2, -0.15) is 0 Å². The molecule has 7 nitrogen and oxygen atoms in total. The summed E-state index contributed by atoms with van der Waals surface area (Å²) < 4.78 is 1.92. The van der Waals surface area contributed by atoms with Crippen LogP contribution in [-0.2, 0) is 0 Å². The average Bonchev–Trinajstić information content (AvgIpc) is 2.38. The molecule has 0 saturated heterocycles. The first-order valence-corrected chi connectivity index (χ1v) is 5.38. The van der Waals surface area contributed by atoms with Crippen molar-refractivity contribution in [3.8, 4) is 0 Å². The standard InChI is InChI=1S/C11H10N5O2/c1-6-9(17)15(12)11-13-8-5-3-2-4-7(8)10(18)16(11)14-6/h2-5,7H,12H2,1H3/q+1. The number of carbonyl (C=O) groups is 1. The Hall–Kier alpha value is -2.57. The largest absolute Gasteiger partial charge is 0.451 e. The van der Waals surface area contributed by atoms with E-state index in [1.165, 1.54) is 6.92 Å². The van der Waals surface area contributed by atoms with Crippen LogP contribution in [0.3, 0.4) is 0 Å². The molecule has 0 amide bonds. The lowest BCUT2D eigenvalue weighted by Gasteiger charge is -2.15. The molecule has 2 aliphatic rings. The van der Waals surface area contributed by atoms with Crippen LogP contribution in [0.1, 0.15) is 10.5 Å². The van der Waals surface area contributed by atoms with Crippen LogP contribution in [0.5, 0.6) is 0 Å². The molecule has 3 rings (SSSR count). The summed E-state index contributed by atoms with van der Waals surface area (Å²) in [6.07, 6.45) is 7.01. The number of hydrogen-bond acceptors (Lipinski definition) is 5. The van der Waals surface area contributed by atoms with Gasteiger partial charge in [0.2, 0.25) is 0 Å². The molecule has 7 heteroatoms. The van der Waals surface area contributed by atoms with Gasteiger partial charge in [-0.1, -0.05) is 37.7 Å². The minimum atomic E-state index is -0.466. The fraction of sp³-hybridized carbons (Fsp3) is 0.182. The van der Waals surface area contributed by atoms with E-state index in [9.17, 15) is 9.59 Å². The second-order valence-corrected chi connectivity index (χ2v) is 4.07. The Morgan fingerprint density at radius 3 is 2.94 bits per heavy atom. The Morgan fingerprint density at radius 2 is 2.17 bits per heavy atom. The summed E-state index contributed by atoms with van der Waals surface area (Å²) in [5, 5.41) is 3.93. The second kappa shape index (κ2) is 3.46. The van der Waals surface area contributed by atoms with Gasteiger partial charge in [-0.05, 0) is 13.0 Å². The SMILES string of the molecule is Cc1nn2c([n+](N)c1=O)N=C1C=CC=CC1C2=O. The molecule has 1 aromatic heterocycles. The van der Waals surface area contributed by atoms with Crippen LogP contribution in [0.25, 0.3) is 0 Å². The Labute approximate surface area is 102 Å². The lowest BCUT2D eigenvalue weighted by Crippen LogP contribution is -2.62. The zero-order valence-electron chi connectivity index (χ0n) is 9.57. The van der Waals surface area contributed by atoms with Gasteiger partial charge in [-0.15, -0.1) is 0 Å². The Kier molecular flexibility index (Phi) is 2.03. The van der Waals surface area contributed by atoms with Gasteiger partial charge in [0.05, 0.1) is 0 Å². The molecule has 0 fully saturated rings. The maximum atomic E-state index is 12.2. The van der Waals surface area contributed by atoms with E-state index in [0.717, 1.165) is 9.36 Å². The van der Waals surface area contributed by atoms with Crippen molar-refractivity contribution >= 4 is 17.6 Å². The monoisotopic (exact) mass is 244 g/mol. The van der Waals surface area contributed by atoms with Crippen molar-refractivity contribution in [1.29, 1.82) is 0 Å². The fourth-order valence-electron chi connectivity index (χ4n) is 1.95. The minimum Gasteiger partial charge on any atom is -0.286 e. The molecule has 0 bridgehead atoms. The smallest absolute Gasteiger partial charge is 0.286 e. The second-order valence-electron chi connectivity index (χ2n) is 4.07. The van der Waals surface area contributed by atoms with E-state index in [0.29, 0.717) is 5.71 Å². The molecule has 0 spiro atoms. The number of rotatable bonds is 0. The summed E-state index contributed by atoms with van der Waals surface area (Å²) in [5.74, 6) is 4.95. The molecule has 1 aromatic rings. The number of hydrogen-bond donors (Lipinski definition) is 1. The van der Waals surface area contributed by atoms with Crippen LogP contribution >= 0.6 is 0 Å². The van der Waals surface area contributed by atoms with Gasteiger partial charge < -0.3 is 0 Å². The van der Waals surface area contributed by atoms with Crippen molar-refractivity contribution in [2.24, 2.45) is 10.9 Å². The van der Waals surface area contributed by atoms with Gasteiger partial charge in [-0.25, -0.2) is 4.79 Å². The molecule has 1 atom stereocenters.